The Hall–Kier alpha value is -3.73. The largest absolute Gasteiger partial charge is 0.407 e. The molecular formula is C26H25N3O2. The summed E-state index contributed by atoms with van der Waals surface area (Å²) >= 11 is 0. The van der Waals surface area contributed by atoms with Gasteiger partial charge in [0.15, 0.2) is 0 Å². The van der Waals surface area contributed by atoms with Crippen LogP contribution in [0.2, 0.25) is 0 Å². The molecule has 0 spiro atoms. The van der Waals surface area contributed by atoms with Crippen LogP contribution in [0.5, 0.6) is 0 Å². The second kappa shape index (κ2) is 9.39. The van der Waals surface area contributed by atoms with E-state index in [1.54, 1.807) is 0 Å². The molecule has 0 unspecified atom stereocenters. The number of rotatable bonds is 7. The van der Waals surface area contributed by atoms with Crippen molar-refractivity contribution in [3.63, 3.8) is 0 Å². The number of hydrogen-bond acceptors (Lipinski definition) is 4. The third-order valence-electron chi connectivity index (χ3n) is 5.23. The molecule has 0 aliphatic heterocycles. The van der Waals surface area contributed by atoms with Crippen LogP contribution < -0.4 is 5.32 Å². The van der Waals surface area contributed by atoms with Crippen LogP contribution >= 0.6 is 0 Å². The van der Waals surface area contributed by atoms with Gasteiger partial charge in [-0.15, -0.1) is 5.10 Å². The summed E-state index contributed by atoms with van der Waals surface area (Å²) in [5.41, 5.74) is 4.17. The Morgan fingerprint density at radius 3 is 1.94 bits per heavy atom. The summed E-state index contributed by atoms with van der Waals surface area (Å²) in [6, 6.07) is 27.8. The Morgan fingerprint density at radius 1 is 0.806 bits per heavy atom. The minimum absolute atomic E-state index is 0.107. The standard InChI is InChI=1S/C26H25N3O2/c1-18(2)20-15-13-19(14-16-20)17-23-28-29-26(31-23)27-25(30)24(21-9-5-3-6-10-21)22-11-7-4-8-12-22/h3-16,18,24H,17H2,1-2H3,(H,27,29,30). The highest BCUT2D eigenvalue weighted by molar-refractivity contribution is 5.96. The summed E-state index contributed by atoms with van der Waals surface area (Å²) in [4.78, 5) is 13.1. The molecule has 0 aliphatic rings. The minimum atomic E-state index is -0.471. The van der Waals surface area contributed by atoms with E-state index in [1.807, 2.05) is 60.7 Å². The van der Waals surface area contributed by atoms with Crippen molar-refractivity contribution in [1.82, 2.24) is 10.2 Å². The van der Waals surface area contributed by atoms with Crippen molar-refractivity contribution in [1.29, 1.82) is 0 Å². The molecule has 0 bridgehead atoms. The predicted molar refractivity (Wildman–Crippen MR) is 121 cm³/mol. The molecule has 5 nitrogen and oxygen atoms in total. The van der Waals surface area contributed by atoms with Gasteiger partial charge < -0.3 is 4.42 Å². The highest BCUT2D eigenvalue weighted by Gasteiger charge is 2.24. The molecular weight excluding hydrogens is 386 g/mol. The summed E-state index contributed by atoms with van der Waals surface area (Å²) in [5.74, 6) is 0.264. The zero-order valence-electron chi connectivity index (χ0n) is 17.7. The van der Waals surface area contributed by atoms with Crippen LogP contribution in [-0.2, 0) is 11.2 Å². The van der Waals surface area contributed by atoms with E-state index in [4.69, 9.17) is 4.42 Å². The smallest absolute Gasteiger partial charge is 0.322 e. The molecule has 31 heavy (non-hydrogen) atoms. The maximum absolute atomic E-state index is 13.1. The van der Waals surface area contributed by atoms with Crippen LogP contribution in [-0.4, -0.2) is 16.1 Å². The average molecular weight is 412 g/mol. The molecule has 0 radical (unpaired) electrons. The van der Waals surface area contributed by atoms with Crippen LogP contribution in [0.15, 0.2) is 89.3 Å². The van der Waals surface area contributed by atoms with Crippen LogP contribution in [0, 0.1) is 0 Å². The van der Waals surface area contributed by atoms with Crippen molar-refractivity contribution in [2.24, 2.45) is 0 Å². The Kier molecular flexibility index (Phi) is 6.22. The summed E-state index contributed by atoms with van der Waals surface area (Å²) in [6.07, 6.45) is 0.516. The van der Waals surface area contributed by atoms with Crippen molar-refractivity contribution in [2.45, 2.75) is 32.1 Å². The first-order chi connectivity index (χ1) is 15.1. The molecule has 1 amide bonds. The van der Waals surface area contributed by atoms with Gasteiger partial charge in [-0.3, -0.25) is 10.1 Å². The maximum Gasteiger partial charge on any atom is 0.322 e. The predicted octanol–water partition coefficient (Wildman–Crippen LogP) is 5.55. The number of carbonyl (C=O) groups excluding carboxylic acids is 1. The molecule has 0 fully saturated rings. The molecule has 0 saturated carbocycles. The number of amides is 1. The fraction of sp³-hybridized carbons (Fsp3) is 0.192. The van der Waals surface area contributed by atoms with Crippen molar-refractivity contribution in [3.05, 3.63) is 113 Å². The molecule has 4 aromatic rings. The van der Waals surface area contributed by atoms with E-state index in [1.165, 1.54) is 5.56 Å². The van der Waals surface area contributed by atoms with E-state index in [9.17, 15) is 4.79 Å². The number of benzene rings is 3. The molecule has 1 aromatic heterocycles. The van der Waals surface area contributed by atoms with Crippen LogP contribution in [0.3, 0.4) is 0 Å². The lowest BCUT2D eigenvalue weighted by Gasteiger charge is -2.16. The van der Waals surface area contributed by atoms with Gasteiger partial charge in [-0.25, -0.2) is 0 Å². The van der Waals surface area contributed by atoms with E-state index in [2.05, 4.69) is 53.6 Å². The normalized spacial score (nSPS) is 11.1. The van der Waals surface area contributed by atoms with Gasteiger partial charge >= 0.3 is 6.01 Å². The molecule has 0 saturated heterocycles. The first kappa shape index (κ1) is 20.5. The number of hydrogen-bond donors (Lipinski definition) is 1. The van der Waals surface area contributed by atoms with Gasteiger partial charge in [-0.05, 0) is 28.2 Å². The summed E-state index contributed by atoms with van der Waals surface area (Å²) in [7, 11) is 0. The first-order valence-electron chi connectivity index (χ1n) is 10.4. The fourth-order valence-electron chi connectivity index (χ4n) is 3.53. The molecule has 1 N–H and O–H groups in total. The first-order valence-corrected chi connectivity index (χ1v) is 10.4. The minimum Gasteiger partial charge on any atom is -0.407 e. The van der Waals surface area contributed by atoms with Gasteiger partial charge in [-0.1, -0.05) is 104 Å². The van der Waals surface area contributed by atoms with E-state index < -0.39 is 5.92 Å². The van der Waals surface area contributed by atoms with Crippen LogP contribution in [0.1, 0.15) is 53.8 Å². The number of anilines is 1. The number of aromatic nitrogens is 2. The summed E-state index contributed by atoms with van der Waals surface area (Å²) in [5, 5.41) is 10.9. The molecule has 0 aliphatic carbocycles. The average Bonchev–Trinajstić information content (AvgIpc) is 3.22. The van der Waals surface area contributed by atoms with Gasteiger partial charge in [0.1, 0.15) is 0 Å². The Morgan fingerprint density at radius 2 is 1.39 bits per heavy atom. The van der Waals surface area contributed by atoms with Crippen LogP contribution in [0.25, 0.3) is 0 Å². The van der Waals surface area contributed by atoms with Gasteiger partial charge in [-0.2, -0.15) is 0 Å². The molecule has 5 heteroatoms. The van der Waals surface area contributed by atoms with Crippen molar-refractivity contribution < 1.29 is 9.21 Å². The SMILES string of the molecule is CC(C)c1ccc(Cc2nnc(NC(=O)C(c3ccccc3)c3ccccc3)o2)cc1. The van der Waals surface area contributed by atoms with Gasteiger partial charge in [0.05, 0.1) is 12.3 Å². The quantitative estimate of drug-likeness (QED) is 0.433. The third-order valence-corrected chi connectivity index (χ3v) is 5.23. The van der Waals surface area contributed by atoms with E-state index in [-0.39, 0.29) is 11.9 Å². The lowest BCUT2D eigenvalue weighted by atomic mass is 9.90. The van der Waals surface area contributed by atoms with Crippen LogP contribution in [0.4, 0.5) is 6.01 Å². The highest BCUT2D eigenvalue weighted by atomic mass is 16.4. The van der Waals surface area contributed by atoms with Gasteiger partial charge in [0, 0.05) is 0 Å². The molecule has 4 rings (SSSR count). The molecule has 0 atom stereocenters. The molecule has 156 valence electrons. The van der Waals surface area contributed by atoms with Crippen molar-refractivity contribution >= 4 is 11.9 Å². The molecule has 3 aromatic carbocycles. The number of nitrogens with zero attached hydrogens (tertiary/aromatic N) is 2. The lowest BCUT2D eigenvalue weighted by molar-refractivity contribution is -0.116. The number of nitrogens with one attached hydrogen (secondary N) is 1. The van der Waals surface area contributed by atoms with E-state index >= 15 is 0 Å². The zero-order valence-corrected chi connectivity index (χ0v) is 17.7. The molecule has 1 heterocycles. The second-order valence-corrected chi connectivity index (χ2v) is 7.82. The summed E-state index contributed by atoms with van der Waals surface area (Å²) < 4.78 is 5.70. The highest BCUT2D eigenvalue weighted by Crippen LogP contribution is 2.26. The van der Waals surface area contributed by atoms with Gasteiger partial charge in [0.25, 0.3) is 0 Å². The maximum atomic E-state index is 13.1. The van der Waals surface area contributed by atoms with E-state index in [0.29, 0.717) is 18.2 Å². The Bertz CT molecular complexity index is 1080. The fourth-order valence-corrected chi connectivity index (χ4v) is 3.53. The monoisotopic (exact) mass is 411 g/mol. The second-order valence-electron chi connectivity index (χ2n) is 7.82. The number of carbonyl (C=O) groups is 1. The van der Waals surface area contributed by atoms with E-state index in [0.717, 1.165) is 16.7 Å². The zero-order chi connectivity index (χ0) is 21.6. The lowest BCUT2D eigenvalue weighted by Crippen LogP contribution is -2.22. The van der Waals surface area contributed by atoms with Crippen molar-refractivity contribution in [2.75, 3.05) is 5.32 Å². The third kappa shape index (κ3) is 5.07. The van der Waals surface area contributed by atoms with Gasteiger partial charge in [0.2, 0.25) is 11.8 Å². The summed E-state index contributed by atoms with van der Waals surface area (Å²) in [6.45, 7) is 4.33. The topological polar surface area (TPSA) is 68.0 Å². The van der Waals surface area contributed by atoms with Crippen molar-refractivity contribution in [3.8, 4) is 0 Å². The Labute approximate surface area is 182 Å². The Balaban J connectivity index is 1.49.